The van der Waals surface area contributed by atoms with Crippen molar-refractivity contribution in [3.05, 3.63) is 70.9 Å². The highest BCUT2D eigenvalue weighted by Crippen LogP contribution is 2.21. The molecule has 0 atom stereocenters. The number of aromatic amines is 1. The minimum atomic E-state index is -0.820. The molecule has 0 unspecified atom stereocenters. The maximum absolute atomic E-state index is 13.5. The standard InChI is InChI=1S/C15H10FN3O3/c16-12-7-17-15(21)19-13(12)18-14(20)10-3-1-2-9(6-10)11-4-5-22-8-11/h1-8H,(H2,17,18,19,20,21). The number of rotatable bonds is 3. The summed E-state index contributed by atoms with van der Waals surface area (Å²) in [6.07, 6.45) is 3.83. The molecule has 2 heterocycles. The van der Waals surface area contributed by atoms with Crippen LogP contribution in [0.4, 0.5) is 10.2 Å². The highest BCUT2D eigenvalue weighted by molar-refractivity contribution is 6.04. The van der Waals surface area contributed by atoms with Crippen LogP contribution in [-0.4, -0.2) is 15.9 Å². The van der Waals surface area contributed by atoms with Gasteiger partial charge in [-0.2, -0.15) is 4.98 Å². The Balaban J connectivity index is 1.88. The normalized spacial score (nSPS) is 10.4. The average molecular weight is 299 g/mol. The molecule has 0 fully saturated rings. The molecule has 2 N–H and O–H groups in total. The van der Waals surface area contributed by atoms with Crippen LogP contribution in [0.3, 0.4) is 0 Å². The summed E-state index contributed by atoms with van der Waals surface area (Å²) in [4.78, 5) is 28.6. The fraction of sp³-hybridized carbons (Fsp3) is 0. The molecule has 1 aromatic carbocycles. The molecule has 0 saturated heterocycles. The number of amides is 1. The maximum atomic E-state index is 13.5. The first-order chi connectivity index (χ1) is 10.6. The van der Waals surface area contributed by atoms with E-state index in [1.807, 2.05) is 6.07 Å². The second kappa shape index (κ2) is 5.65. The minimum Gasteiger partial charge on any atom is -0.472 e. The predicted molar refractivity (Wildman–Crippen MR) is 76.9 cm³/mol. The topological polar surface area (TPSA) is 88.0 Å². The third-order valence-corrected chi connectivity index (χ3v) is 2.98. The first-order valence-corrected chi connectivity index (χ1v) is 6.32. The fourth-order valence-corrected chi connectivity index (χ4v) is 1.92. The summed E-state index contributed by atoms with van der Waals surface area (Å²) in [6.45, 7) is 0. The summed E-state index contributed by atoms with van der Waals surface area (Å²) in [7, 11) is 0. The Morgan fingerprint density at radius 3 is 2.91 bits per heavy atom. The van der Waals surface area contributed by atoms with E-state index in [4.69, 9.17) is 4.42 Å². The van der Waals surface area contributed by atoms with Gasteiger partial charge in [-0.3, -0.25) is 9.78 Å². The molecule has 3 rings (SSSR count). The van der Waals surface area contributed by atoms with Crippen LogP contribution in [0, 0.1) is 5.82 Å². The van der Waals surface area contributed by atoms with Crippen molar-refractivity contribution in [1.82, 2.24) is 9.97 Å². The molecule has 1 amide bonds. The molecule has 0 saturated carbocycles. The summed E-state index contributed by atoms with van der Waals surface area (Å²) in [5.74, 6) is -1.69. The van der Waals surface area contributed by atoms with Gasteiger partial charge in [-0.1, -0.05) is 12.1 Å². The zero-order valence-electron chi connectivity index (χ0n) is 11.2. The molecule has 3 aromatic rings. The highest BCUT2D eigenvalue weighted by atomic mass is 19.1. The van der Waals surface area contributed by atoms with Crippen molar-refractivity contribution >= 4 is 11.7 Å². The first kappa shape index (κ1) is 13.7. The van der Waals surface area contributed by atoms with Gasteiger partial charge >= 0.3 is 5.69 Å². The summed E-state index contributed by atoms with van der Waals surface area (Å²) in [6, 6.07) is 8.49. The SMILES string of the molecule is O=C(Nc1[nH]c(=O)ncc1F)c1cccc(-c2ccoc2)c1. The monoisotopic (exact) mass is 299 g/mol. The van der Waals surface area contributed by atoms with Crippen LogP contribution in [0.5, 0.6) is 0 Å². The summed E-state index contributed by atoms with van der Waals surface area (Å²) >= 11 is 0. The molecule has 6 nitrogen and oxygen atoms in total. The Kier molecular flexibility index (Phi) is 3.53. The second-order valence-electron chi connectivity index (χ2n) is 4.46. The lowest BCUT2D eigenvalue weighted by molar-refractivity contribution is 0.102. The van der Waals surface area contributed by atoms with Crippen LogP contribution in [0.25, 0.3) is 11.1 Å². The van der Waals surface area contributed by atoms with Gasteiger partial charge in [0, 0.05) is 11.1 Å². The van der Waals surface area contributed by atoms with Crippen LogP contribution in [0.1, 0.15) is 10.4 Å². The van der Waals surface area contributed by atoms with E-state index < -0.39 is 17.4 Å². The molecule has 110 valence electrons. The number of furan rings is 1. The Hall–Kier alpha value is -3.22. The number of benzene rings is 1. The molecule has 2 aromatic heterocycles. The van der Waals surface area contributed by atoms with Crippen molar-refractivity contribution in [2.24, 2.45) is 0 Å². The van der Waals surface area contributed by atoms with E-state index >= 15 is 0 Å². The van der Waals surface area contributed by atoms with E-state index in [2.05, 4.69) is 15.3 Å². The van der Waals surface area contributed by atoms with Crippen molar-refractivity contribution in [2.75, 3.05) is 5.32 Å². The van der Waals surface area contributed by atoms with E-state index in [0.717, 1.165) is 17.3 Å². The Morgan fingerprint density at radius 2 is 2.14 bits per heavy atom. The van der Waals surface area contributed by atoms with Gasteiger partial charge in [0.2, 0.25) is 0 Å². The number of carbonyl (C=O) groups excluding carboxylic acids is 1. The van der Waals surface area contributed by atoms with Crippen molar-refractivity contribution < 1.29 is 13.6 Å². The van der Waals surface area contributed by atoms with E-state index in [1.54, 1.807) is 30.5 Å². The number of nitrogens with one attached hydrogen (secondary N) is 2. The third kappa shape index (κ3) is 2.78. The lowest BCUT2D eigenvalue weighted by Crippen LogP contribution is -2.19. The number of halogens is 1. The second-order valence-corrected chi connectivity index (χ2v) is 4.46. The molecule has 0 aliphatic carbocycles. The van der Waals surface area contributed by atoms with Crippen LogP contribution in [-0.2, 0) is 0 Å². The third-order valence-electron chi connectivity index (χ3n) is 2.98. The number of H-pyrrole nitrogens is 1. The van der Waals surface area contributed by atoms with Crippen LogP contribution < -0.4 is 11.0 Å². The molecule has 0 bridgehead atoms. The number of hydrogen-bond donors (Lipinski definition) is 2. The number of hydrogen-bond acceptors (Lipinski definition) is 4. The number of nitrogens with zero attached hydrogens (tertiary/aromatic N) is 1. The largest absolute Gasteiger partial charge is 0.472 e. The van der Waals surface area contributed by atoms with Gasteiger partial charge in [0.05, 0.1) is 18.7 Å². The first-order valence-electron chi connectivity index (χ1n) is 6.32. The number of anilines is 1. The lowest BCUT2D eigenvalue weighted by Gasteiger charge is -2.06. The van der Waals surface area contributed by atoms with Crippen molar-refractivity contribution in [1.29, 1.82) is 0 Å². The van der Waals surface area contributed by atoms with Gasteiger partial charge in [0.1, 0.15) is 0 Å². The average Bonchev–Trinajstić information content (AvgIpc) is 3.05. The van der Waals surface area contributed by atoms with Crippen LogP contribution >= 0.6 is 0 Å². The van der Waals surface area contributed by atoms with Crippen molar-refractivity contribution in [2.45, 2.75) is 0 Å². The molecule has 0 aliphatic heterocycles. The van der Waals surface area contributed by atoms with Crippen LogP contribution in [0.2, 0.25) is 0 Å². The molecule has 7 heteroatoms. The smallest absolute Gasteiger partial charge is 0.346 e. The number of aromatic nitrogens is 2. The zero-order valence-corrected chi connectivity index (χ0v) is 11.2. The summed E-state index contributed by atoms with van der Waals surface area (Å²) in [5.41, 5.74) is 1.17. The van der Waals surface area contributed by atoms with Crippen molar-refractivity contribution in [3.8, 4) is 11.1 Å². The molecular formula is C15H10FN3O3. The Labute approximate surface area is 123 Å². The van der Waals surface area contributed by atoms with E-state index in [9.17, 15) is 14.0 Å². The predicted octanol–water partition coefficient (Wildman–Crippen LogP) is 2.42. The van der Waals surface area contributed by atoms with Gasteiger partial charge in [0.15, 0.2) is 11.6 Å². The van der Waals surface area contributed by atoms with E-state index in [0.29, 0.717) is 5.56 Å². The van der Waals surface area contributed by atoms with Crippen molar-refractivity contribution in [3.63, 3.8) is 0 Å². The van der Waals surface area contributed by atoms with Gasteiger partial charge in [0.25, 0.3) is 5.91 Å². The lowest BCUT2D eigenvalue weighted by atomic mass is 10.1. The molecule has 0 radical (unpaired) electrons. The van der Waals surface area contributed by atoms with E-state index in [-0.39, 0.29) is 5.82 Å². The van der Waals surface area contributed by atoms with Gasteiger partial charge < -0.3 is 9.73 Å². The molecule has 22 heavy (non-hydrogen) atoms. The van der Waals surface area contributed by atoms with E-state index in [1.165, 1.54) is 6.26 Å². The van der Waals surface area contributed by atoms with Gasteiger partial charge in [-0.05, 0) is 23.8 Å². The van der Waals surface area contributed by atoms with Gasteiger partial charge in [-0.15, -0.1) is 0 Å². The highest BCUT2D eigenvalue weighted by Gasteiger charge is 2.11. The van der Waals surface area contributed by atoms with Crippen LogP contribution in [0.15, 0.2) is 58.3 Å². The maximum Gasteiger partial charge on any atom is 0.346 e. The van der Waals surface area contributed by atoms with Gasteiger partial charge in [-0.25, -0.2) is 9.18 Å². The summed E-state index contributed by atoms with van der Waals surface area (Å²) < 4.78 is 18.5. The molecule has 0 spiro atoms. The minimum absolute atomic E-state index is 0.316. The quantitative estimate of drug-likeness (QED) is 0.777. The summed E-state index contributed by atoms with van der Waals surface area (Å²) in [5, 5.41) is 2.31. The fourth-order valence-electron chi connectivity index (χ4n) is 1.92. The zero-order chi connectivity index (χ0) is 15.5. The Morgan fingerprint density at radius 1 is 1.27 bits per heavy atom. The molecule has 0 aliphatic rings. The molecular weight excluding hydrogens is 289 g/mol. The Bertz CT molecular complexity index is 872. The number of carbonyl (C=O) groups is 1.